The van der Waals surface area contributed by atoms with Crippen LogP contribution in [-0.2, 0) is 24.1 Å². The largest absolute Gasteiger partial charge is 0.493 e. The first-order valence-corrected chi connectivity index (χ1v) is 10.9. The predicted molar refractivity (Wildman–Crippen MR) is 126 cm³/mol. The van der Waals surface area contributed by atoms with Crippen molar-refractivity contribution in [1.82, 2.24) is 4.98 Å². The van der Waals surface area contributed by atoms with E-state index in [2.05, 4.69) is 24.0 Å². The predicted octanol–water partition coefficient (Wildman–Crippen LogP) is 6.16. The average molecular weight is 430 g/mol. The minimum absolute atomic E-state index is 0.0314. The van der Waals surface area contributed by atoms with Crippen LogP contribution < -0.4 is 9.47 Å². The van der Waals surface area contributed by atoms with Crippen molar-refractivity contribution in [3.63, 3.8) is 0 Å². The van der Waals surface area contributed by atoms with Gasteiger partial charge >= 0.3 is 5.97 Å². The highest BCUT2D eigenvalue weighted by Crippen LogP contribution is 2.30. The zero-order valence-corrected chi connectivity index (χ0v) is 18.1. The molecule has 0 bridgehead atoms. The SMILES string of the molecule is CCCc1cc(OCCc2cc3cc(CC(=O)O)ccc3[nH]2)ccc1Oc1ccccc1. The van der Waals surface area contributed by atoms with Crippen LogP contribution in [-0.4, -0.2) is 22.7 Å². The minimum atomic E-state index is -0.823. The Morgan fingerprint density at radius 3 is 2.56 bits per heavy atom. The van der Waals surface area contributed by atoms with Gasteiger partial charge in [0.2, 0.25) is 0 Å². The van der Waals surface area contributed by atoms with Crippen molar-refractivity contribution in [2.45, 2.75) is 32.6 Å². The maximum atomic E-state index is 10.9. The van der Waals surface area contributed by atoms with Crippen molar-refractivity contribution in [2.75, 3.05) is 6.61 Å². The number of rotatable bonds is 10. The number of aromatic nitrogens is 1. The monoisotopic (exact) mass is 429 g/mol. The van der Waals surface area contributed by atoms with Gasteiger partial charge in [-0.15, -0.1) is 0 Å². The molecule has 164 valence electrons. The lowest BCUT2D eigenvalue weighted by atomic mass is 10.1. The smallest absolute Gasteiger partial charge is 0.307 e. The van der Waals surface area contributed by atoms with E-state index in [4.69, 9.17) is 14.6 Å². The van der Waals surface area contributed by atoms with Crippen molar-refractivity contribution in [3.05, 3.63) is 89.6 Å². The molecule has 1 aromatic heterocycles. The number of nitrogens with one attached hydrogen (secondary N) is 1. The lowest BCUT2D eigenvalue weighted by molar-refractivity contribution is -0.136. The highest BCUT2D eigenvalue weighted by Gasteiger charge is 2.08. The Morgan fingerprint density at radius 2 is 1.78 bits per heavy atom. The van der Waals surface area contributed by atoms with Crippen LogP contribution in [0.25, 0.3) is 10.9 Å². The van der Waals surface area contributed by atoms with Gasteiger partial charge in [-0.05, 0) is 71.5 Å². The van der Waals surface area contributed by atoms with Gasteiger partial charge < -0.3 is 19.6 Å². The van der Waals surface area contributed by atoms with Crippen LogP contribution in [0.3, 0.4) is 0 Å². The quantitative estimate of drug-likeness (QED) is 0.317. The molecule has 0 fully saturated rings. The number of benzene rings is 3. The van der Waals surface area contributed by atoms with Gasteiger partial charge in [0, 0.05) is 17.6 Å². The second-order valence-electron chi connectivity index (χ2n) is 7.82. The van der Waals surface area contributed by atoms with Gasteiger partial charge in [0.25, 0.3) is 0 Å². The van der Waals surface area contributed by atoms with E-state index < -0.39 is 5.97 Å². The number of ether oxygens (including phenoxy) is 2. The normalized spacial score (nSPS) is 10.9. The van der Waals surface area contributed by atoms with Gasteiger partial charge in [0.05, 0.1) is 13.0 Å². The Labute approximate surface area is 187 Å². The van der Waals surface area contributed by atoms with Crippen LogP contribution in [0.1, 0.15) is 30.2 Å². The Bertz CT molecular complexity index is 1200. The zero-order valence-electron chi connectivity index (χ0n) is 18.1. The van der Waals surface area contributed by atoms with E-state index >= 15 is 0 Å². The van der Waals surface area contributed by atoms with Gasteiger partial charge in [-0.1, -0.05) is 37.6 Å². The van der Waals surface area contributed by atoms with Gasteiger partial charge in [0.1, 0.15) is 17.2 Å². The molecule has 0 saturated heterocycles. The number of hydrogen-bond donors (Lipinski definition) is 2. The third-order valence-electron chi connectivity index (χ3n) is 5.26. The Morgan fingerprint density at radius 1 is 0.938 bits per heavy atom. The lowest BCUT2D eigenvalue weighted by Crippen LogP contribution is -2.02. The third kappa shape index (κ3) is 5.49. The molecule has 0 aliphatic rings. The molecule has 0 aliphatic heterocycles. The molecule has 0 radical (unpaired) electrons. The van der Waals surface area contributed by atoms with Gasteiger partial charge in [-0.2, -0.15) is 0 Å². The first kappa shape index (κ1) is 21.5. The molecule has 0 aliphatic carbocycles. The first-order valence-electron chi connectivity index (χ1n) is 10.9. The van der Waals surface area contributed by atoms with Gasteiger partial charge in [0.15, 0.2) is 0 Å². The van der Waals surface area contributed by atoms with E-state index in [1.54, 1.807) is 0 Å². The molecule has 32 heavy (non-hydrogen) atoms. The molecule has 0 amide bonds. The van der Waals surface area contributed by atoms with Gasteiger partial charge in [-0.3, -0.25) is 4.79 Å². The standard InChI is InChI=1S/C27H27NO4/c1-2-6-20-18-24(10-12-26(20)32-23-7-4-3-5-8-23)31-14-13-22-17-21-15-19(16-27(29)30)9-11-25(21)28-22/h3-5,7-12,15,17-18,28H,2,6,13-14,16H2,1H3,(H,29,30). The number of carbonyl (C=O) groups is 1. The summed E-state index contributed by atoms with van der Waals surface area (Å²) < 4.78 is 12.1. The summed E-state index contributed by atoms with van der Waals surface area (Å²) in [5.74, 6) is 1.69. The molecule has 0 atom stereocenters. The first-order chi connectivity index (χ1) is 15.6. The fraction of sp³-hybridized carbons (Fsp3) is 0.222. The molecule has 5 heteroatoms. The number of carboxylic acids is 1. The number of H-pyrrole nitrogens is 1. The minimum Gasteiger partial charge on any atom is -0.493 e. The van der Waals surface area contributed by atoms with Gasteiger partial charge in [-0.25, -0.2) is 0 Å². The number of hydrogen-bond acceptors (Lipinski definition) is 3. The molecule has 4 rings (SSSR count). The van der Waals surface area contributed by atoms with Crippen molar-refractivity contribution < 1.29 is 19.4 Å². The molecule has 0 spiro atoms. The summed E-state index contributed by atoms with van der Waals surface area (Å²) in [6, 6.07) is 23.5. The van der Waals surface area contributed by atoms with E-state index in [0.717, 1.165) is 64.2 Å². The summed E-state index contributed by atoms with van der Waals surface area (Å²) in [5, 5.41) is 10.0. The molecule has 0 saturated carbocycles. The Hall–Kier alpha value is -3.73. The van der Waals surface area contributed by atoms with Crippen LogP contribution in [0.2, 0.25) is 0 Å². The second-order valence-corrected chi connectivity index (χ2v) is 7.82. The summed E-state index contributed by atoms with van der Waals surface area (Å²) >= 11 is 0. The highest BCUT2D eigenvalue weighted by atomic mass is 16.5. The van der Waals surface area contributed by atoms with Crippen LogP contribution in [0.15, 0.2) is 72.8 Å². The van der Waals surface area contributed by atoms with Crippen molar-refractivity contribution in [1.29, 1.82) is 0 Å². The Kier molecular flexibility index (Phi) is 6.75. The number of aryl methyl sites for hydroxylation is 1. The molecule has 5 nitrogen and oxygen atoms in total. The maximum Gasteiger partial charge on any atom is 0.307 e. The van der Waals surface area contributed by atoms with E-state index in [1.807, 2.05) is 60.7 Å². The molecule has 0 unspecified atom stereocenters. The number of aromatic amines is 1. The summed E-state index contributed by atoms with van der Waals surface area (Å²) in [7, 11) is 0. The van der Waals surface area contributed by atoms with E-state index in [9.17, 15) is 4.79 Å². The van der Waals surface area contributed by atoms with Crippen molar-refractivity contribution >= 4 is 16.9 Å². The number of carboxylic acid groups (broad SMARTS) is 1. The molecule has 3 aromatic carbocycles. The zero-order chi connectivity index (χ0) is 22.3. The number of para-hydroxylation sites is 1. The summed E-state index contributed by atoms with van der Waals surface area (Å²) in [5.41, 5.74) is 3.99. The summed E-state index contributed by atoms with van der Waals surface area (Å²) in [6.07, 6.45) is 2.70. The summed E-state index contributed by atoms with van der Waals surface area (Å²) in [6.45, 7) is 2.69. The lowest BCUT2D eigenvalue weighted by Gasteiger charge is -2.13. The maximum absolute atomic E-state index is 10.9. The second kappa shape index (κ2) is 10.1. The summed E-state index contributed by atoms with van der Waals surface area (Å²) in [4.78, 5) is 14.3. The topological polar surface area (TPSA) is 71.5 Å². The third-order valence-corrected chi connectivity index (χ3v) is 5.26. The molecular weight excluding hydrogens is 402 g/mol. The van der Waals surface area contributed by atoms with Crippen LogP contribution in [0.5, 0.6) is 17.2 Å². The average Bonchev–Trinajstić information content (AvgIpc) is 3.18. The molecule has 4 aromatic rings. The van der Waals surface area contributed by atoms with Crippen LogP contribution in [0.4, 0.5) is 0 Å². The van der Waals surface area contributed by atoms with Crippen molar-refractivity contribution in [2.24, 2.45) is 0 Å². The molecule has 2 N–H and O–H groups in total. The van der Waals surface area contributed by atoms with E-state index in [0.29, 0.717) is 6.61 Å². The van der Waals surface area contributed by atoms with E-state index in [-0.39, 0.29) is 6.42 Å². The molecular formula is C27H27NO4. The number of aliphatic carboxylic acids is 1. The Balaban J connectivity index is 1.40. The fourth-order valence-electron chi connectivity index (χ4n) is 3.77. The highest BCUT2D eigenvalue weighted by molar-refractivity contribution is 5.82. The van der Waals surface area contributed by atoms with Crippen LogP contribution >= 0.6 is 0 Å². The fourth-order valence-corrected chi connectivity index (χ4v) is 3.77. The van der Waals surface area contributed by atoms with Crippen molar-refractivity contribution in [3.8, 4) is 17.2 Å². The van der Waals surface area contributed by atoms with Crippen LogP contribution in [0, 0.1) is 0 Å². The number of fused-ring (bicyclic) bond motifs is 1. The molecule has 1 heterocycles. The van der Waals surface area contributed by atoms with E-state index in [1.165, 1.54) is 0 Å².